The molecule has 2 aromatic rings. The number of anilines is 1. The fourth-order valence-electron chi connectivity index (χ4n) is 1.88. The van der Waals surface area contributed by atoms with Gasteiger partial charge in [0.25, 0.3) is 0 Å². The van der Waals surface area contributed by atoms with Gasteiger partial charge in [-0.3, -0.25) is 4.68 Å². The van der Waals surface area contributed by atoms with Crippen LogP contribution in [0.25, 0.3) is 0 Å². The minimum Gasteiger partial charge on any atom is -0.377 e. The number of aromatic nitrogens is 4. The van der Waals surface area contributed by atoms with Crippen molar-refractivity contribution in [1.29, 1.82) is 0 Å². The van der Waals surface area contributed by atoms with Crippen LogP contribution in [0.2, 0.25) is 0 Å². The molecule has 0 spiro atoms. The largest absolute Gasteiger partial charge is 0.377 e. The number of hydrogen-bond donors (Lipinski definition) is 1. The van der Waals surface area contributed by atoms with Gasteiger partial charge in [0.1, 0.15) is 0 Å². The van der Waals surface area contributed by atoms with Crippen LogP contribution in [0.1, 0.15) is 31.3 Å². The van der Waals surface area contributed by atoms with E-state index >= 15 is 0 Å². The van der Waals surface area contributed by atoms with E-state index in [2.05, 4.69) is 22.4 Å². The fourth-order valence-corrected chi connectivity index (χ4v) is 1.88. The van der Waals surface area contributed by atoms with Crippen LogP contribution in [0, 0.1) is 6.92 Å². The van der Waals surface area contributed by atoms with Crippen molar-refractivity contribution in [1.82, 2.24) is 19.6 Å². The smallest absolute Gasteiger partial charge is 0.333 e. The van der Waals surface area contributed by atoms with Gasteiger partial charge in [0.2, 0.25) is 0 Å². The lowest BCUT2D eigenvalue weighted by atomic mass is 10.3. The quantitative estimate of drug-likeness (QED) is 0.877. The first-order valence-electron chi connectivity index (χ1n) is 6.20. The molecule has 2 aromatic heterocycles. The van der Waals surface area contributed by atoms with Crippen molar-refractivity contribution in [2.24, 2.45) is 0 Å². The first-order valence-corrected chi connectivity index (χ1v) is 6.20. The van der Waals surface area contributed by atoms with Gasteiger partial charge in [-0.15, -0.1) is 0 Å². The molecule has 0 unspecified atom stereocenters. The molecule has 104 valence electrons. The molecule has 0 aromatic carbocycles. The lowest BCUT2D eigenvalue weighted by Gasteiger charge is -2.07. The Morgan fingerprint density at radius 2 is 2.21 bits per heavy atom. The zero-order valence-corrected chi connectivity index (χ0v) is 11.0. The first kappa shape index (κ1) is 13.5. The van der Waals surface area contributed by atoms with Gasteiger partial charge in [-0.1, -0.05) is 6.92 Å². The zero-order valence-electron chi connectivity index (χ0n) is 11.0. The molecule has 0 saturated carbocycles. The second-order valence-electron chi connectivity index (χ2n) is 4.29. The minimum absolute atomic E-state index is 0.295. The highest BCUT2D eigenvalue weighted by Gasteiger charge is 2.12. The molecule has 5 nitrogen and oxygen atoms in total. The Labute approximate surface area is 110 Å². The predicted molar refractivity (Wildman–Crippen MR) is 68.1 cm³/mol. The van der Waals surface area contributed by atoms with E-state index in [0.29, 0.717) is 16.9 Å². The number of rotatable bonds is 6. The van der Waals surface area contributed by atoms with Gasteiger partial charge in [-0.2, -0.15) is 19.0 Å². The lowest BCUT2D eigenvalue weighted by Crippen LogP contribution is -2.09. The maximum atomic E-state index is 12.6. The van der Waals surface area contributed by atoms with Crippen LogP contribution in [0.4, 0.5) is 14.5 Å². The summed E-state index contributed by atoms with van der Waals surface area (Å²) in [5.74, 6) is 0. The van der Waals surface area contributed by atoms with E-state index in [-0.39, 0.29) is 0 Å². The SMILES string of the molecule is CCCn1cc(NCc2ccnn2C(F)F)c(C)n1. The molecule has 2 heterocycles. The van der Waals surface area contributed by atoms with Gasteiger partial charge in [0, 0.05) is 18.9 Å². The molecule has 0 radical (unpaired) electrons. The predicted octanol–water partition coefficient (Wildman–Crippen LogP) is 2.81. The summed E-state index contributed by atoms with van der Waals surface area (Å²) in [5.41, 5.74) is 2.16. The van der Waals surface area contributed by atoms with Crippen LogP contribution < -0.4 is 5.32 Å². The molecule has 0 amide bonds. The van der Waals surface area contributed by atoms with Crippen LogP contribution in [0.3, 0.4) is 0 Å². The lowest BCUT2D eigenvalue weighted by molar-refractivity contribution is 0.0537. The van der Waals surface area contributed by atoms with Gasteiger partial charge in [0.15, 0.2) is 0 Å². The number of nitrogens with zero attached hydrogens (tertiary/aromatic N) is 4. The Balaban J connectivity index is 2.04. The van der Waals surface area contributed by atoms with Crippen LogP contribution in [-0.2, 0) is 13.1 Å². The summed E-state index contributed by atoms with van der Waals surface area (Å²) in [5, 5.41) is 11.0. The summed E-state index contributed by atoms with van der Waals surface area (Å²) >= 11 is 0. The number of alkyl halides is 2. The monoisotopic (exact) mass is 269 g/mol. The van der Waals surface area contributed by atoms with Crippen molar-refractivity contribution in [3.8, 4) is 0 Å². The Bertz CT molecular complexity index is 532. The van der Waals surface area contributed by atoms with Gasteiger partial charge in [-0.25, -0.2) is 4.68 Å². The van der Waals surface area contributed by atoms with E-state index in [1.54, 1.807) is 6.07 Å². The molecule has 0 bridgehead atoms. The standard InChI is InChI=1S/C12H17F2N5/c1-3-6-18-8-11(9(2)17-18)15-7-10-4-5-16-19(10)12(13)14/h4-5,8,12,15H,3,6-7H2,1-2H3. The van der Waals surface area contributed by atoms with Crippen molar-refractivity contribution in [2.45, 2.75) is 39.9 Å². The average Bonchev–Trinajstić information content (AvgIpc) is 2.94. The normalized spacial score (nSPS) is 11.2. The van der Waals surface area contributed by atoms with Crippen molar-refractivity contribution in [2.75, 3.05) is 5.32 Å². The summed E-state index contributed by atoms with van der Waals surface area (Å²) in [7, 11) is 0. The van der Waals surface area contributed by atoms with Gasteiger partial charge >= 0.3 is 6.55 Å². The molecule has 0 fully saturated rings. The van der Waals surface area contributed by atoms with Gasteiger partial charge in [0.05, 0.1) is 23.6 Å². The molecule has 0 aliphatic carbocycles. The number of hydrogen-bond acceptors (Lipinski definition) is 3. The van der Waals surface area contributed by atoms with Crippen molar-refractivity contribution in [3.63, 3.8) is 0 Å². The van der Waals surface area contributed by atoms with E-state index in [9.17, 15) is 8.78 Å². The second kappa shape index (κ2) is 5.81. The summed E-state index contributed by atoms with van der Waals surface area (Å²) in [4.78, 5) is 0. The third-order valence-corrected chi connectivity index (χ3v) is 2.80. The summed E-state index contributed by atoms with van der Waals surface area (Å²) < 4.78 is 27.8. The van der Waals surface area contributed by atoms with Gasteiger partial charge in [-0.05, 0) is 19.4 Å². The van der Waals surface area contributed by atoms with Crippen LogP contribution in [-0.4, -0.2) is 19.6 Å². The molecule has 0 atom stereocenters. The summed E-state index contributed by atoms with van der Waals surface area (Å²) in [6, 6.07) is 1.57. The zero-order chi connectivity index (χ0) is 13.8. The molecule has 19 heavy (non-hydrogen) atoms. The number of aryl methyl sites for hydroxylation is 2. The third kappa shape index (κ3) is 3.10. The molecule has 0 aliphatic heterocycles. The topological polar surface area (TPSA) is 47.7 Å². The van der Waals surface area contributed by atoms with E-state index in [1.807, 2.05) is 17.8 Å². The van der Waals surface area contributed by atoms with E-state index in [1.165, 1.54) is 6.20 Å². The molecule has 1 N–H and O–H groups in total. The van der Waals surface area contributed by atoms with Crippen molar-refractivity contribution in [3.05, 3.63) is 29.8 Å². The third-order valence-electron chi connectivity index (χ3n) is 2.80. The first-order chi connectivity index (χ1) is 9.11. The summed E-state index contributed by atoms with van der Waals surface area (Å²) in [6.07, 6.45) is 4.26. The molecule has 2 rings (SSSR count). The molecular weight excluding hydrogens is 252 g/mol. The highest BCUT2D eigenvalue weighted by Crippen LogP contribution is 2.16. The second-order valence-corrected chi connectivity index (χ2v) is 4.29. The minimum atomic E-state index is -2.62. The molecule has 0 aliphatic rings. The highest BCUT2D eigenvalue weighted by atomic mass is 19.3. The van der Waals surface area contributed by atoms with Crippen molar-refractivity contribution >= 4 is 5.69 Å². The Morgan fingerprint density at radius 3 is 2.89 bits per heavy atom. The Hall–Kier alpha value is -1.92. The molecule has 0 saturated heterocycles. The van der Waals surface area contributed by atoms with Crippen LogP contribution >= 0.6 is 0 Å². The fraction of sp³-hybridized carbons (Fsp3) is 0.500. The van der Waals surface area contributed by atoms with Crippen LogP contribution in [0.15, 0.2) is 18.5 Å². The van der Waals surface area contributed by atoms with E-state index in [0.717, 1.165) is 24.3 Å². The average molecular weight is 269 g/mol. The molecular formula is C12H17F2N5. The highest BCUT2D eigenvalue weighted by molar-refractivity contribution is 5.45. The molecule has 7 heteroatoms. The van der Waals surface area contributed by atoms with E-state index < -0.39 is 6.55 Å². The maximum Gasteiger partial charge on any atom is 0.333 e. The summed E-state index contributed by atoms with van der Waals surface area (Å²) in [6.45, 7) is 2.49. The maximum absolute atomic E-state index is 12.6. The number of nitrogens with one attached hydrogen (secondary N) is 1. The van der Waals surface area contributed by atoms with Crippen LogP contribution in [0.5, 0.6) is 0 Å². The van der Waals surface area contributed by atoms with Crippen molar-refractivity contribution < 1.29 is 8.78 Å². The number of halogens is 2. The van der Waals surface area contributed by atoms with Gasteiger partial charge < -0.3 is 5.32 Å². The van der Waals surface area contributed by atoms with E-state index in [4.69, 9.17) is 0 Å². The Kier molecular flexibility index (Phi) is 4.13. The Morgan fingerprint density at radius 1 is 1.42 bits per heavy atom.